The topological polar surface area (TPSA) is 33.1 Å². The Morgan fingerprint density at radius 3 is 2.63 bits per heavy atom. The van der Waals surface area contributed by atoms with E-state index in [1.165, 1.54) is 5.56 Å². The van der Waals surface area contributed by atoms with E-state index in [4.69, 9.17) is 11.6 Å². The van der Waals surface area contributed by atoms with Crippen LogP contribution in [-0.4, -0.2) is 16.2 Å². The van der Waals surface area contributed by atoms with Gasteiger partial charge in [-0.1, -0.05) is 36.7 Å². The molecule has 0 aliphatic heterocycles. The highest BCUT2D eigenvalue weighted by Crippen LogP contribution is 2.14. The molecule has 2 nitrogen and oxygen atoms in total. The Kier molecular flexibility index (Phi) is 4.94. The number of hydrogen-bond acceptors (Lipinski definition) is 2. The van der Waals surface area contributed by atoms with Crippen molar-refractivity contribution in [3.63, 3.8) is 0 Å². The van der Waals surface area contributed by atoms with Crippen molar-refractivity contribution in [1.29, 1.82) is 0 Å². The molecule has 1 atom stereocenters. The van der Waals surface area contributed by atoms with Crippen molar-refractivity contribution in [2.24, 2.45) is 0 Å². The highest BCUT2D eigenvalue weighted by molar-refractivity contribution is 6.30. The highest BCUT2D eigenvalue weighted by Gasteiger charge is 2.08. The Hall–Kier alpha value is -1.38. The molecule has 0 radical (unpaired) electrons. The van der Waals surface area contributed by atoms with Gasteiger partial charge in [0.15, 0.2) is 0 Å². The monoisotopic (exact) mass is 275 g/mol. The molecule has 2 rings (SSSR count). The number of aromatic nitrogens is 1. The van der Waals surface area contributed by atoms with E-state index >= 15 is 0 Å². The normalized spacial score (nSPS) is 12.4. The molecule has 2 aromatic rings. The van der Waals surface area contributed by atoms with Crippen molar-refractivity contribution in [2.45, 2.75) is 32.3 Å². The lowest BCUT2D eigenvalue weighted by Crippen LogP contribution is -2.14. The van der Waals surface area contributed by atoms with Crippen molar-refractivity contribution < 1.29 is 5.11 Å². The standard InChI is InChI=1S/C16H18ClNO/c1-2-12-6-7-15(18-11-12)10-16(19)9-13-4-3-5-14(17)8-13/h3-8,11,16,19H,2,9-10H2,1H3. The van der Waals surface area contributed by atoms with Crippen molar-refractivity contribution in [2.75, 3.05) is 0 Å². The Morgan fingerprint density at radius 1 is 1.16 bits per heavy atom. The van der Waals surface area contributed by atoms with Gasteiger partial charge < -0.3 is 5.11 Å². The van der Waals surface area contributed by atoms with E-state index in [-0.39, 0.29) is 0 Å². The summed E-state index contributed by atoms with van der Waals surface area (Å²) < 4.78 is 0. The summed E-state index contributed by atoms with van der Waals surface area (Å²) >= 11 is 5.93. The lowest BCUT2D eigenvalue weighted by molar-refractivity contribution is 0.174. The molecule has 1 unspecified atom stereocenters. The number of aryl methyl sites for hydroxylation is 1. The van der Waals surface area contributed by atoms with Crippen LogP contribution in [0.15, 0.2) is 42.6 Å². The number of halogens is 1. The molecular formula is C16H18ClNO. The number of aliphatic hydroxyl groups excluding tert-OH is 1. The van der Waals surface area contributed by atoms with Crippen molar-refractivity contribution in [3.8, 4) is 0 Å². The molecule has 0 saturated heterocycles. The third kappa shape index (κ3) is 4.34. The van der Waals surface area contributed by atoms with Gasteiger partial charge in [-0.25, -0.2) is 0 Å². The van der Waals surface area contributed by atoms with Gasteiger partial charge in [-0.05, 0) is 42.2 Å². The molecule has 1 aromatic heterocycles. The molecule has 0 fully saturated rings. The highest BCUT2D eigenvalue weighted by atomic mass is 35.5. The summed E-state index contributed by atoms with van der Waals surface area (Å²) in [5.74, 6) is 0. The van der Waals surface area contributed by atoms with Gasteiger partial charge >= 0.3 is 0 Å². The average Bonchev–Trinajstić information content (AvgIpc) is 2.39. The minimum absolute atomic E-state index is 0.432. The number of rotatable bonds is 5. The van der Waals surface area contributed by atoms with Gasteiger partial charge in [-0.15, -0.1) is 0 Å². The van der Waals surface area contributed by atoms with Crippen LogP contribution in [0, 0.1) is 0 Å². The number of aliphatic hydroxyl groups is 1. The second-order valence-corrected chi connectivity index (χ2v) is 5.14. The van der Waals surface area contributed by atoms with Crippen molar-refractivity contribution in [3.05, 3.63) is 64.4 Å². The summed E-state index contributed by atoms with van der Waals surface area (Å²) in [5, 5.41) is 10.8. The van der Waals surface area contributed by atoms with Crippen LogP contribution in [0.1, 0.15) is 23.7 Å². The second kappa shape index (κ2) is 6.69. The molecule has 19 heavy (non-hydrogen) atoms. The molecule has 1 heterocycles. The van der Waals surface area contributed by atoms with Crippen LogP contribution >= 0.6 is 11.6 Å². The Labute approximate surface area is 119 Å². The van der Waals surface area contributed by atoms with E-state index in [2.05, 4.69) is 18.0 Å². The van der Waals surface area contributed by atoms with E-state index in [0.29, 0.717) is 17.9 Å². The van der Waals surface area contributed by atoms with Crippen molar-refractivity contribution >= 4 is 11.6 Å². The fourth-order valence-electron chi connectivity index (χ4n) is 2.03. The third-order valence-electron chi connectivity index (χ3n) is 3.10. The predicted octanol–water partition coefficient (Wildman–Crippen LogP) is 3.44. The van der Waals surface area contributed by atoms with Gasteiger partial charge in [0.2, 0.25) is 0 Å². The number of pyridine rings is 1. The molecule has 0 bridgehead atoms. The largest absolute Gasteiger partial charge is 0.392 e. The maximum Gasteiger partial charge on any atom is 0.0635 e. The summed E-state index contributed by atoms with van der Waals surface area (Å²) in [5.41, 5.74) is 3.19. The van der Waals surface area contributed by atoms with Crippen LogP contribution in [0.3, 0.4) is 0 Å². The van der Waals surface area contributed by atoms with Crippen LogP contribution in [0.2, 0.25) is 5.02 Å². The maximum absolute atomic E-state index is 10.1. The minimum atomic E-state index is -0.432. The van der Waals surface area contributed by atoms with Crippen LogP contribution in [0.5, 0.6) is 0 Å². The van der Waals surface area contributed by atoms with Gasteiger partial charge in [0.25, 0.3) is 0 Å². The molecule has 0 aliphatic carbocycles. The first-order valence-corrected chi connectivity index (χ1v) is 6.91. The Bertz CT molecular complexity index is 525. The Morgan fingerprint density at radius 2 is 2.00 bits per heavy atom. The zero-order valence-electron chi connectivity index (χ0n) is 11.0. The maximum atomic E-state index is 10.1. The van der Waals surface area contributed by atoms with Crippen molar-refractivity contribution in [1.82, 2.24) is 4.98 Å². The summed E-state index contributed by atoms with van der Waals surface area (Å²) in [6, 6.07) is 11.6. The first kappa shape index (κ1) is 14.0. The number of hydrogen-bond donors (Lipinski definition) is 1. The van der Waals surface area contributed by atoms with E-state index < -0.39 is 6.10 Å². The van der Waals surface area contributed by atoms with Gasteiger partial charge in [0.1, 0.15) is 0 Å². The molecule has 0 spiro atoms. The zero-order chi connectivity index (χ0) is 13.7. The van der Waals surface area contributed by atoms with E-state index in [1.807, 2.05) is 36.5 Å². The zero-order valence-corrected chi connectivity index (χ0v) is 11.8. The lowest BCUT2D eigenvalue weighted by Gasteiger charge is -2.10. The van der Waals surface area contributed by atoms with Gasteiger partial charge in [0, 0.05) is 23.3 Å². The summed E-state index contributed by atoms with van der Waals surface area (Å²) in [6.45, 7) is 2.10. The molecule has 3 heteroatoms. The molecule has 0 amide bonds. The molecule has 0 aliphatic rings. The summed E-state index contributed by atoms with van der Waals surface area (Å²) in [4.78, 5) is 4.36. The molecule has 100 valence electrons. The fraction of sp³-hybridized carbons (Fsp3) is 0.312. The van der Waals surface area contributed by atoms with Crippen LogP contribution in [0.25, 0.3) is 0 Å². The average molecular weight is 276 g/mol. The molecular weight excluding hydrogens is 258 g/mol. The quantitative estimate of drug-likeness (QED) is 0.907. The van der Waals surface area contributed by atoms with Gasteiger partial charge in [-0.2, -0.15) is 0 Å². The summed E-state index contributed by atoms with van der Waals surface area (Å²) in [6.07, 6.45) is 3.59. The molecule has 1 aromatic carbocycles. The number of nitrogens with zero attached hydrogens (tertiary/aromatic N) is 1. The van der Waals surface area contributed by atoms with Gasteiger partial charge in [0.05, 0.1) is 6.10 Å². The Balaban J connectivity index is 1.95. The summed E-state index contributed by atoms with van der Waals surface area (Å²) in [7, 11) is 0. The van der Waals surface area contributed by atoms with Crippen LogP contribution < -0.4 is 0 Å². The smallest absolute Gasteiger partial charge is 0.0635 e. The van der Waals surface area contributed by atoms with Gasteiger partial charge in [-0.3, -0.25) is 4.98 Å². The van der Waals surface area contributed by atoms with E-state index in [1.54, 1.807) is 0 Å². The second-order valence-electron chi connectivity index (χ2n) is 4.70. The lowest BCUT2D eigenvalue weighted by atomic mass is 10.0. The number of benzene rings is 1. The van der Waals surface area contributed by atoms with Crippen LogP contribution in [0.4, 0.5) is 0 Å². The minimum Gasteiger partial charge on any atom is -0.392 e. The van der Waals surface area contributed by atoms with Crippen LogP contribution in [-0.2, 0) is 19.3 Å². The molecule has 1 N–H and O–H groups in total. The SMILES string of the molecule is CCc1ccc(CC(O)Cc2cccc(Cl)c2)nc1. The molecule has 0 saturated carbocycles. The fourth-order valence-corrected chi connectivity index (χ4v) is 2.25. The van der Waals surface area contributed by atoms with E-state index in [0.717, 1.165) is 17.7 Å². The first-order chi connectivity index (χ1) is 9.17. The third-order valence-corrected chi connectivity index (χ3v) is 3.33. The van der Waals surface area contributed by atoms with E-state index in [9.17, 15) is 5.11 Å². The first-order valence-electron chi connectivity index (χ1n) is 6.53. The predicted molar refractivity (Wildman–Crippen MR) is 78.5 cm³/mol.